The molecule has 0 radical (unpaired) electrons. The van der Waals surface area contributed by atoms with Crippen molar-refractivity contribution in [3.05, 3.63) is 53.6 Å². The minimum atomic E-state index is -0.792. The maximum absolute atomic E-state index is 12.5. The molecule has 0 fully saturated rings. The molecule has 2 rings (SSSR count). The first-order valence-corrected chi connectivity index (χ1v) is 10.3. The van der Waals surface area contributed by atoms with Crippen molar-refractivity contribution in [2.24, 2.45) is 5.92 Å². The van der Waals surface area contributed by atoms with E-state index in [1.165, 1.54) is 44.2 Å². The van der Waals surface area contributed by atoms with Crippen LogP contribution in [0.3, 0.4) is 0 Å². The Balaban J connectivity index is 2.03. The van der Waals surface area contributed by atoms with Crippen LogP contribution in [0.2, 0.25) is 0 Å². The van der Waals surface area contributed by atoms with Crippen LogP contribution in [0, 0.1) is 5.92 Å². The van der Waals surface area contributed by atoms with Crippen molar-refractivity contribution < 1.29 is 28.7 Å². The molecule has 3 N–H and O–H groups in total. The number of anilines is 3. The molecule has 0 saturated carbocycles. The van der Waals surface area contributed by atoms with E-state index in [-0.39, 0.29) is 29.2 Å². The molecular formula is C24H27N3O6. The molecule has 2 aromatic rings. The van der Waals surface area contributed by atoms with Gasteiger partial charge in [0, 0.05) is 42.9 Å². The van der Waals surface area contributed by atoms with Gasteiger partial charge in [0.25, 0.3) is 0 Å². The van der Waals surface area contributed by atoms with Crippen LogP contribution >= 0.6 is 0 Å². The fourth-order valence-corrected chi connectivity index (χ4v) is 2.92. The summed E-state index contributed by atoms with van der Waals surface area (Å²) in [5.41, 5.74) is 1.52. The Labute approximate surface area is 191 Å². The highest BCUT2D eigenvalue weighted by molar-refractivity contribution is 6.01. The molecule has 0 atom stereocenters. The second-order valence-electron chi connectivity index (χ2n) is 7.88. The minimum Gasteiger partial charge on any atom is -0.454 e. The monoisotopic (exact) mass is 453 g/mol. The largest absolute Gasteiger partial charge is 0.454 e. The topological polar surface area (TPSA) is 131 Å². The lowest BCUT2D eigenvalue weighted by Gasteiger charge is -2.11. The molecular weight excluding hydrogens is 426 g/mol. The van der Waals surface area contributed by atoms with Gasteiger partial charge in [0.1, 0.15) is 0 Å². The molecule has 0 aromatic heterocycles. The van der Waals surface area contributed by atoms with Crippen LogP contribution in [-0.4, -0.2) is 36.1 Å². The molecule has 0 unspecified atom stereocenters. The predicted octanol–water partition coefficient (Wildman–Crippen LogP) is 3.63. The molecule has 0 aliphatic heterocycles. The predicted molar refractivity (Wildman–Crippen MR) is 124 cm³/mol. The zero-order valence-electron chi connectivity index (χ0n) is 19.0. The second kappa shape index (κ2) is 11.6. The van der Waals surface area contributed by atoms with E-state index >= 15 is 0 Å². The van der Waals surface area contributed by atoms with Crippen LogP contribution in [0.4, 0.5) is 17.1 Å². The standard InChI is InChI=1S/C24H27N3O6/c1-14(2)9-23(31)27-19-7-5-17(6-8-19)22(30)13-33-24(32)18-10-20(25-15(3)28)12-21(11-18)26-16(4)29/h5-8,10-12,14H,9,13H2,1-4H3,(H,25,28)(H,26,29)(H,27,31). The van der Waals surface area contributed by atoms with E-state index in [0.717, 1.165) is 0 Å². The van der Waals surface area contributed by atoms with E-state index in [4.69, 9.17) is 4.74 Å². The molecule has 0 heterocycles. The second-order valence-corrected chi connectivity index (χ2v) is 7.88. The summed E-state index contributed by atoms with van der Waals surface area (Å²) in [7, 11) is 0. The highest BCUT2D eigenvalue weighted by atomic mass is 16.5. The van der Waals surface area contributed by atoms with Crippen LogP contribution in [0.25, 0.3) is 0 Å². The molecule has 0 saturated heterocycles. The van der Waals surface area contributed by atoms with Gasteiger partial charge in [0.2, 0.25) is 17.7 Å². The Morgan fingerprint density at radius 1 is 0.758 bits per heavy atom. The number of rotatable bonds is 9. The quantitative estimate of drug-likeness (QED) is 0.393. The number of hydrogen-bond donors (Lipinski definition) is 3. The van der Waals surface area contributed by atoms with Gasteiger partial charge in [-0.05, 0) is 48.4 Å². The molecule has 9 nitrogen and oxygen atoms in total. The molecule has 174 valence electrons. The number of Topliss-reactive ketones (excluding diaryl/α,β-unsaturated/α-hetero) is 1. The Bertz CT molecular complexity index is 1030. The van der Waals surface area contributed by atoms with E-state index in [2.05, 4.69) is 16.0 Å². The maximum Gasteiger partial charge on any atom is 0.338 e. The maximum atomic E-state index is 12.5. The van der Waals surface area contributed by atoms with Crippen molar-refractivity contribution in [2.45, 2.75) is 34.1 Å². The van der Waals surface area contributed by atoms with Gasteiger partial charge in [-0.25, -0.2) is 4.79 Å². The summed E-state index contributed by atoms with van der Waals surface area (Å²) >= 11 is 0. The molecule has 0 bridgehead atoms. The fourth-order valence-electron chi connectivity index (χ4n) is 2.92. The van der Waals surface area contributed by atoms with Crippen LogP contribution in [0.1, 0.15) is 54.8 Å². The number of nitrogens with one attached hydrogen (secondary N) is 3. The van der Waals surface area contributed by atoms with Gasteiger partial charge in [0.15, 0.2) is 12.4 Å². The highest BCUT2D eigenvalue weighted by Gasteiger charge is 2.15. The fraction of sp³-hybridized carbons (Fsp3) is 0.292. The van der Waals surface area contributed by atoms with Crippen molar-refractivity contribution in [2.75, 3.05) is 22.6 Å². The highest BCUT2D eigenvalue weighted by Crippen LogP contribution is 2.20. The molecule has 0 aliphatic rings. The van der Waals surface area contributed by atoms with E-state index in [0.29, 0.717) is 29.0 Å². The molecule has 3 amide bonds. The summed E-state index contributed by atoms with van der Waals surface area (Å²) in [6.07, 6.45) is 0.392. The van der Waals surface area contributed by atoms with Crippen molar-refractivity contribution >= 4 is 46.5 Å². The van der Waals surface area contributed by atoms with Crippen LogP contribution < -0.4 is 16.0 Å². The first-order chi connectivity index (χ1) is 15.5. The van der Waals surface area contributed by atoms with Gasteiger partial charge in [-0.15, -0.1) is 0 Å². The Morgan fingerprint density at radius 2 is 1.30 bits per heavy atom. The Hall–Kier alpha value is -4.01. The average Bonchev–Trinajstić information content (AvgIpc) is 2.70. The van der Waals surface area contributed by atoms with Gasteiger partial charge < -0.3 is 20.7 Å². The third-order valence-corrected chi connectivity index (χ3v) is 4.23. The van der Waals surface area contributed by atoms with E-state index < -0.39 is 18.4 Å². The normalized spacial score (nSPS) is 10.3. The number of hydrogen-bond acceptors (Lipinski definition) is 6. The first kappa shape index (κ1) is 25.3. The SMILES string of the molecule is CC(=O)Nc1cc(NC(C)=O)cc(C(=O)OCC(=O)c2ccc(NC(=O)CC(C)C)cc2)c1. The van der Waals surface area contributed by atoms with Gasteiger partial charge in [-0.2, -0.15) is 0 Å². The Kier molecular flexibility index (Phi) is 8.85. The number of esters is 1. The molecule has 0 spiro atoms. The lowest BCUT2D eigenvalue weighted by Crippen LogP contribution is -2.16. The summed E-state index contributed by atoms with van der Waals surface area (Å²) in [6.45, 7) is 6.00. The number of benzene rings is 2. The van der Waals surface area contributed by atoms with Crippen LogP contribution in [0.15, 0.2) is 42.5 Å². The molecule has 33 heavy (non-hydrogen) atoms. The number of amides is 3. The summed E-state index contributed by atoms with van der Waals surface area (Å²) in [4.78, 5) is 59.4. The number of carbonyl (C=O) groups is 5. The third kappa shape index (κ3) is 8.56. The summed E-state index contributed by atoms with van der Waals surface area (Å²) < 4.78 is 5.12. The molecule has 9 heteroatoms. The Morgan fingerprint density at radius 3 is 1.79 bits per heavy atom. The number of ether oxygens (including phenoxy) is 1. The van der Waals surface area contributed by atoms with Crippen molar-refractivity contribution in [1.82, 2.24) is 0 Å². The summed E-state index contributed by atoms with van der Waals surface area (Å²) in [5, 5.41) is 7.83. The zero-order chi connectivity index (χ0) is 24.5. The van der Waals surface area contributed by atoms with Gasteiger partial charge >= 0.3 is 5.97 Å². The lowest BCUT2D eigenvalue weighted by molar-refractivity contribution is -0.117. The molecule has 2 aromatic carbocycles. The van der Waals surface area contributed by atoms with Crippen molar-refractivity contribution in [1.29, 1.82) is 0 Å². The zero-order valence-corrected chi connectivity index (χ0v) is 19.0. The van der Waals surface area contributed by atoms with Crippen LogP contribution in [0.5, 0.6) is 0 Å². The van der Waals surface area contributed by atoms with Crippen molar-refractivity contribution in [3.8, 4) is 0 Å². The summed E-state index contributed by atoms with van der Waals surface area (Å²) in [5.74, 6) is -1.81. The smallest absolute Gasteiger partial charge is 0.338 e. The van der Waals surface area contributed by atoms with Gasteiger partial charge in [0.05, 0.1) is 5.56 Å². The van der Waals surface area contributed by atoms with Crippen molar-refractivity contribution in [3.63, 3.8) is 0 Å². The first-order valence-electron chi connectivity index (χ1n) is 10.3. The third-order valence-electron chi connectivity index (χ3n) is 4.23. The van der Waals surface area contributed by atoms with E-state index in [9.17, 15) is 24.0 Å². The molecule has 0 aliphatic carbocycles. The van der Waals surface area contributed by atoms with Gasteiger partial charge in [-0.1, -0.05) is 13.8 Å². The van der Waals surface area contributed by atoms with Crippen LogP contribution in [-0.2, 0) is 19.1 Å². The van der Waals surface area contributed by atoms with E-state index in [1.54, 1.807) is 12.1 Å². The van der Waals surface area contributed by atoms with E-state index in [1.807, 2.05) is 13.8 Å². The average molecular weight is 453 g/mol. The minimum absolute atomic E-state index is 0.0565. The number of ketones is 1. The lowest BCUT2D eigenvalue weighted by atomic mass is 10.1. The van der Waals surface area contributed by atoms with Gasteiger partial charge in [-0.3, -0.25) is 19.2 Å². The number of carbonyl (C=O) groups excluding carboxylic acids is 5. The summed E-state index contributed by atoms with van der Waals surface area (Å²) in [6, 6.07) is 10.5.